The number of aliphatic imine (C=N–C) groups is 1. The van der Waals surface area contributed by atoms with Gasteiger partial charge in [-0.1, -0.05) is 61.2 Å². The number of pyridine rings is 1. The first kappa shape index (κ1) is 17.6. The number of benzene rings is 2. The number of anilines is 1. The predicted molar refractivity (Wildman–Crippen MR) is 110 cm³/mol. The molecule has 3 rings (SSSR count). The largest absolute Gasteiger partial charge is 0.398 e. The fraction of sp³-hybridized carbons (Fsp3) is 0.130. The fourth-order valence-electron chi connectivity index (χ4n) is 2.73. The smallest absolute Gasteiger partial charge is 0.0883 e. The summed E-state index contributed by atoms with van der Waals surface area (Å²) in [5.74, 6) is 0. The minimum atomic E-state index is 0.634. The Hall–Kier alpha value is -3.20. The molecule has 0 aliphatic carbocycles. The third kappa shape index (κ3) is 4.45. The number of para-hydroxylation sites is 1. The molecule has 26 heavy (non-hydrogen) atoms. The summed E-state index contributed by atoms with van der Waals surface area (Å²) in [6.07, 6.45) is 3.60. The number of hydrogen-bond donors (Lipinski definition) is 1. The van der Waals surface area contributed by atoms with Crippen molar-refractivity contribution < 1.29 is 0 Å². The maximum atomic E-state index is 5.95. The van der Waals surface area contributed by atoms with Gasteiger partial charge in [-0.3, -0.25) is 9.98 Å². The Morgan fingerprint density at radius 2 is 1.73 bits per heavy atom. The van der Waals surface area contributed by atoms with E-state index in [2.05, 4.69) is 48.8 Å². The average molecular weight is 341 g/mol. The second-order valence-electron chi connectivity index (χ2n) is 6.28. The molecule has 0 aliphatic heterocycles. The van der Waals surface area contributed by atoms with Gasteiger partial charge in [-0.15, -0.1) is 0 Å². The highest BCUT2D eigenvalue weighted by molar-refractivity contribution is 5.90. The summed E-state index contributed by atoms with van der Waals surface area (Å²) in [6, 6.07) is 22.1. The molecule has 3 nitrogen and oxygen atoms in total. The Kier molecular flexibility index (Phi) is 5.59. The highest BCUT2D eigenvalue weighted by Gasteiger charge is 2.06. The number of aryl methyl sites for hydroxylation is 3. The molecule has 0 fully saturated rings. The Labute approximate surface area is 155 Å². The normalized spacial score (nSPS) is 11.0. The van der Waals surface area contributed by atoms with Crippen molar-refractivity contribution in [2.75, 3.05) is 5.73 Å². The van der Waals surface area contributed by atoms with E-state index in [1.807, 2.05) is 36.4 Å². The van der Waals surface area contributed by atoms with E-state index >= 15 is 0 Å². The van der Waals surface area contributed by atoms with Gasteiger partial charge < -0.3 is 5.73 Å². The van der Waals surface area contributed by atoms with Crippen molar-refractivity contribution in [1.29, 1.82) is 0 Å². The van der Waals surface area contributed by atoms with E-state index in [4.69, 9.17) is 10.7 Å². The molecule has 0 atom stereocenters. The first-order valence-electron chi connectivity index (χ1n) is 8.72. The van der Waals surface area contributed by atoms with Crippen LogP contribution in [0.25, 0.3) is 5.70 Å². The molecule has 0 spiro atoms. The zero-order chi connectivity index (χ0) is 18.4. The molecule has 0 unspecified atom stereocenters. The van der Waals surface area contributed by atoms with Crippen LogP contribution in [0.3, 0.4) is 0 Å². The van der Waals surface area contributed by atoms with Crippen molar-refractivity contribution in [3.8, 4) is 0 Å². The Morgan fingerprint density at radius 1 is 1.00 bits per heavy atom. The van der Waals surface area contributed by atoms with Crippen molar-refractivity contribution in [3.63, 3.8) is 0 Å². The molecular weight excluding hydrogens is 318 g/mol. The lowest BCUT2D eigenvalue weighted by atomic mass is 10.0. The van der Waals surface area contributed by atoms with E-state index in [9.17, 15) is 0 Å². The number of nitrogens with two attached hydrogens (primary N) is 1. The van der Waals surface area contributed by atoms with Crippen molar-refractivity contribution in [3.05, 3.63) is 101 Å². The van der Waals surface area contributed by atoms with Gasteiger partial charge in [0.2, 0.25) is 0 Å². The van der Waals surface area contributed by atoms with Gasteiger partial charge in [-0.25, -0.2) is 0 Å². The van der Waals surface area contributed by atoms with Crippen LogP contribution in [0.15, 0.2) is 78.3 Å². The monoisotopic (exact) mass is 341 g/mol. The number of nitrogens with zero attached hydrogens (tertiary/aromatic N) is 2. The first-order valence-corrected chi connectivity index (χ1v) is 8.72. The lowest BCUT2D eigenvalue weighted by Gasteiger charge is -2.08. The Morgan fingerprint density at radius 3 is 2.50 bits per heavy atom. The first-order chi connectivity index (χ1) is 12.6. The maximum Gasteiger partial charge on any atom is 0.0883 e. The summed E-state index contributed by atoms with van der Waals surface area (Å²) in [5, 5.41) is 0. The Bertz CT molecular complexity index is 927. The van der Waals surface area contributed by atoms with Crippen LogP contribution in [0.4, 0.5) is 5.69 Å². The zero-order valence-corrected chi connectivity index (χ0v) is 15.0. The predicted octanol–water partition coefficient (Wildman–Crippen LogP) is 4.85. The van der Waals surface area contributed by atoms with Crippen molar-refractivity contribution >= 4 is 17.6 Å². The topological polar surface area (TPSA) is 51.3 Å². The van der Waals surface area contributed by atoms with Crippen molar-refractivity contribution in [1.82, 2.24) is 4.98 Å². The molecule has 0 saturated carbocycles. The lowest BCUT2D eigenvalue weighted by molar-refractivity contribution is 0.896. The summed E-state index contributed by atoms with van der Waals surface area (Å²) in [7, 11) is 0. The highest BCUT2D eigenvalue weighted by atomic mass is 14.8. The lowest BCUT2D eigenvalue weighted by Crippen LogP contribution is -2.00. The molecule has 3 heteroatoms. The summed E-state index contributed by atoms with van der Waals surface area (Å²) in [4.78, 5) is 9.23. The third-order valence-corrected chi connectivity index (χ3v) is 4.35. The summed E-state index contributed by atoms with van der Waals surface area (Å²) < 4.78 is 0. The van der Waals surface area contributed by atoms with Crippen molar-refractivity contribution in [2.45, 2.75) is 19.8 Å². The molecule has 1 aromatic heterocycles. The van der Waals surface area contributed by atoms with Gasteiger partial charge in [0.15, 0.2) is 0 Å². The van der Waals surface area contributed by atoms with Crippen LogP contribution in [0.2, 0.25) is 0 Å². The number of hydrogen-bond acceptors (Lipinski definition) is 3. The van der Waals surface area contributed by atoms with E-state index in [-0.39, 0.29) is 0 Å². The highest BCUT2D eigenvalue weighted by Crippen LogP contribution is 2.17. The molecule has 1 heterocycles. The van der Waals surface area contributed by atoms with Crippen LogP contribution in [0.1, 0.15) is 28.1 Å². The maximum absolute atomic E-state index is 5.95. The number of rotatable bonds is 6. The minimum absolute atomic E-state index is 0.634. The van der Waals surface area contributed by atoms with Gasteiger partial charge in [-0.05, 0) is 43.0 Å². The van der Waals surface area contributed by atoms with E-state index in [1.165, 1.54) is 11.1 Å². The average Bonchev–Trinajstić information content (AvgIpc) is 2.67. The van der Waals surface area contributed by atoms with Gasteiger partial charge in [0.25, 0.3) is 0 Å². The van der Waals surface area contributed by atoms with Gasteiger partial charge in [0.1, 0.15) is 0 Å². The second-order valence-corrected chi connectivity index (χ2v) is 6.28. The van der Waals surface area contributed by atoms with Crippen LogP contribution in [-0.2, 0) is 12.8 Å². The molecule has 3 aromatic rings. The van der Waals surface area contributed by atoms with E-state index in [0.717, 1.165) is 29.8 Å². The molecule has 0 bridgehead atoms. The van der Waals surface area contributed by atoms with Gasteiger partial charge >= 0.3 is 0 Å². The molecule has 2 N–H and O–H groups in total. The molecule has 130 valence electrons. The third-order valence-electron chi connectivity index (χ3n) is 4.35. The SMILES string of the molecule is C=C(/N=C\c1ccccc1N)c1ccc(C)c(CCc2ccccc2)n1. The molecule has 0 saturated heterocycles. The van der Waals surface area contributed by atoms with E-state index in [1.54, 1.807) is 6.21 Å². The van der Waals surface area contributed by atoms with Gasteiger partial charge in [0.05, 0.1) is 11.4 Å². The standard InChI is InChI=1S/C23H23N3/c1-17-12-14-23(18(2)25-16-20-10-6-7-11-21(20)24)26-22(17)15-13-19-8-4-3-5-9-19/h3-12,14,16H,2,13,15,24H2,1H3/b25-16-. The van der Waals surface area contributed by atoms with Crippen LogP contribution >= 0.6 is 0 Å². The van der Waals surface area contributed by atoms with Crippen LogP contribution in [-0.4, -0.2) is 11.2 Å². The number of nitrogen functional groups attached to an aromatic ring is 1. The molecule has 0 radical (unpaired) electrons. The fourth-order valence-corrected chi connectivity index (χ4v) is 2.73. The number of aromatic nitrogens is 1. The summed E-state index contributed by atoms with van der Waals surface area (Å²) in [5.41, 5.74) is 12.5. The minimum Gasteiger partial charge on any atom is -0.398 e. The van der Waals surface area contributed by atoms with Crippen molar-refractivity contribution in [2.24, 2.45) is 4.99 Å². The van der Waals surface area contributed by atoms with E-state index in [0.29, 0.717) is 11.4 Å². The molecular formula is C23H23N3. The van der Waals surface area contributed by atoms with Crippen LogP contribution in [0.5, 0.6) is 0 Å². The second kappa shape index (κ2) is 8.26. The van der Waals surface area contributed by atoms with Gasteiger partial charge in [0, 0.05) is 23.2 Å². The molecule has 0 aliphatic rings. The quantitative estimate of drug-likeness (QED) is 0.515. The zero-order valence-electron chi connectivity index (χ0n) is 15.0. The van der Waals surface area contributed by atoms with Crippen LogP contribution in [0, 0.1) is 6.92 Å². The Balaban J connectivity index is 1.74. The van der Waals surface area contributed by atoms with Crippen LogP contribution < -0.4 is 5.73 Å². The molecule has 2 aromatic carbocycles. The molecule has 0 amide bonds. The summed E-state index contributed by atoms with van der Waals surface area (Å²) in [6.45, 7) is 6.15. The summed E-state index contributed by atoms with van der Waals surface area (Å²) >= 11 is 0. The van der Waals surface area contributed by atoms with E-state index < -0.39 is 0 Å². The van der Waals surface area contributed by atoms with Gasteiger partial charge in [-0.2, -0.15) is 0 Å².